The maximum absolute atomic E-state index is 12.1. The number of carbonyl (C=O) groups excluding carboxylic acids is 2. The smallest absolute Gasteiger partial charge is 0.326 e. The van der Waals surface area contributed by atoms with Crippen molar-refractivity contribution in [1.29, 1.82) is 0 Å². The summed E-state index contributed by atoms with van der Waals surface area (Å²) in [5, 5.41) is 21.2. The molecule has 0 saturated carbocycles. The van der Waals surface area contributed by atoms with Gasteiger partial charge in [-0.1, -0.05) is 6.07 Å². The topological polar surface area (TPSA) is 133 Å². The molecule has 2 rings (SSSR count). The van der Waals surface area contributed by atoms with Gasteiger partial charge in [0.2, 0.25) is 5.91 Å². The van der Waals surface area contributed by atoms with Gasteiger partial charge < -0.3 is 26.2 Å². The first-order valence-electron chi connectivity index (χ1n) is 6.74. The van der Waals surface area contributed by atoms with Gasteiger partial charge in [0.25, 0.3) is 5.91 Å². The maximum Gasteiger partial charge on any atom is 0.326 e. The number of phenolic OH excluding ortho intramolecular Hbond substituents is 1. The highest BCUT2D eigenvalue weighted by atomic mass is 16.4. The lowest BCUT2D eigenvalue weighted by Crippen LogP contribution is -2.44. The third-order valence-electron chi connectivity index (χ3n) is 3.52. The molecule has 2 unspecified atom stereocenters. The number of phenols is 1. The molecular weight excluding hydrogens is 290 g/mol. The van der Waals surface area contributed by atoms with Crippen LogP contribution in [0.25, 0.3) is 0 Å². The lowest BCUT2D eigenvalue weighted by atomic mass is 10.1. The number of benzene rings is 1. The summed E-state index contributed by atoms with van der Waals surface area (Å²) in [5.41, 5.74) is 5.53. The molecule has 0 radical (unpaired) electrons. The van der Waals surface area contributed by atoms with Gasteiger partial charge in [0, 0.05) is 24.6 Å². The fourth-order valence-corrected chi connectivity index (χ4v) is 2.48. The highest BCUT2D eigenvalue weighted by Crippen LogP contribution is 2.19. The Labute approximate surface area is 126 Å². The average molecular weight is 307 g/mol. The van der Waals surface area contributed by atoms with Gasteiger partial charge in [-0.05, 0) is 18.2 Å². The van der Waals surface area contributed by atoms with Gasteiger partial charge in [0.1, 0.15) is 11.8 Å². The van der Waals surface area contributed by atoms with Crippen LogP contribution in [0.2, 0.25) is 0 Å². The Balaban J connectivity index is 2.06. The zero-order valence-corrected chi connectivity index (χ0v) is 11.7. The molecule has 2 amide bonds. The number of aliphatic carboxylic acids is 1. The summed E-state index contributed by atoms with van der Waals surface area (Å²) in [5.74, 6) is -2.08. The quantitative estimate of drug-likeness (QED) is 0.572. The Morgan fingerprint density at radius 1 is 1.36 bits per heavy atom. The third-order valence-corrected chi connectivity index (χ3v) is 3.52. The summed E-state index contributed by atoms with van der Waals surface area (Å²) < 4.78 is 0. The molecule has 1 aromatic carbocycles. The van der Waals surface area contributed by atoms with Crippen LogP contribution in [0.3, 0.4) is 0 Å². The molecule has 22 heavy (non-hydrogen) atoms. The van der Waals surface area contributed by atoms with Crippen molar-refractivity contribution in [3.63, 3.8) is 0 Å². The molecule has 1 aliphatic rings. The highest BCUT2D eigenvalue weighted by molar-refractivity contribution is 5.95. The van der Waals surface area contributed by atoms with Crippen LogP contribution in [0.4, 0.5) is 0 Å². The Bertz CT molecular complexity index is 604. The lowest BCUT2D eigenvalue weighted by molar-refractivity contribution is -0.147. The van der Waals surface area contributed by atoms with Crippen LogP contribution in [0.5, 0.6) is 5.75 Å². The summed E-state index contributed by atoms with van der Waals surface area (Å²) in [6.07, 6.45) is 0.117. The van der Waals surface area contributed by atoms with Gasteiger partial charge in [0.15, 0.2) is 0 Å². The van der Waals surface area contributed by atoms with Crippen LogP contribution in [0.15, 0.2) is 24.3 Å². The zero-order chi connectivity index (χ0) is 16.3. The van der Waals surface area contributed by atoms with Crippen LogP contribution in [0.1, 0.15) is 16.8 Å². The van der Waals surface area contributed by atoms with Crippen LogP contribution in [-0.4, -0.2) is 58.1 Å². The van der Waals surface area contributed by atoms with E-state index in [-0.39, 0.29) is 30.8 Å². The Morgan fingerprint density at radius 3 is 2.68 bits per heavy atom. The molecule has 1 fully saturated rings. The highest BCUT2D eigenvalue weighted by Gasteiger charge is 2.39. The van der Waals surface area contributed by atoms with Gasteiger partial charge in [-0.25, -0.2) is 4.79 Å². The van der Waals surface area contributed by atoms with Gasteiger partial charge in [-0.2, -0.15) is 0 Å². The van der Waals surface area contributed by atoms with Crippen molar-refractivity contribution in [2.45, 2.75) is 18.5 Å². The summed E-state index contributed by atoms with van der Waals surface area (Å²) in [6.45, 7) is -0.186. The number of nitrogens with zero attached hydrogens (tertiary/aromatic N) is 1. The number of carbonyl (C=O) groups is 3. The molecule has 1 aromatic rings. The number of carboxylic acid groups (broad SMARTS) is 1. The minimum atomic E-state index is -1.13. The van der Waals surface area contributed by atoms with Gasteiger partial charge in [-0.15, -0.1) is 0 Å². The number of rotatable bonds is 4. The monoisotopic (exact) mass is 307 g/mol. The predicted octanol–water partition coefficient (Wildman–Crippen LogP) is -0.865. The van der Waals surface area contributed by atoms with Crippen molar-refractivity contribution < 1.29 is 24.6 Å². The second kappa shape index (κ2) is 6.44. The number of aromatic hydroxyl groups is 1. The fourth-order valence-electron chi connectivity index (χ4n) is 2.48. The van der Waals surface area contributed by atoms with E-state index in [1.807, 2.05) is 0 Å². The molecule has 1 heterocycles. The Hall–Kier alpha value is -2.61. The van der Waals surface area contributed by atoms with E-state index in [4.69, 9.17) is 10.8 Å². The van der Waals surface area contributed by atoms with E-state index in [1.165, 1.54) is 24.3 Å². The van der Waals surface area contributed by atoms with Crippen LogP contribution in [-0.2, 0) is 9.59 Å². The maximum atomic E-state index is 12.1. The average Bonchev–Trinajstić information content (AvgIpc) is 2.90. The second-order valence-corrected chi connectivity index (χ2v) is 5.06. The fraction of sp³-hybridized carbons (Fsp3) is 0.357. The number of hydrogen-bond acceptors (Lipinski definition) is 5. The molecular formula is C14H17N3O5. The number of nitrogens with two attached hydrogens (primary N) is 1. The molecule has 2 atom stereocenters. The molecule has 1 aliphatic heterocycles. The van der Waals surface area contributed by atoms with E-state index in [0.717, 1.165) is 4.90 Å². The molecule has 0 aromatic heterocycles. The van der Waals surface area contributed by atoms with E-state index < -0.39 is 29.9 Å². The molecule has 8 heteroatoms. The van der Waals surface area contributed by atoms with E-state index in [0.29, 0.717) is 0 Å². The van der Waals surface area contributed by atoms with E-state index >= 15 is 0 Å². The van der Waals surface area contributed by atoms with Crippen molar-refractivity contribution in [2.24, 2.45) is 5.73 Å². The van der Waals surface area contributed by atoms with E-state index in [1.54, 1.807) is 0 Å². The third kappa shape index (κ3) is 3.34. The number of likely N-dealkylation sites (tertiary alicyclic amines) is 1. The first kappa shape index (κ1) is 15.8. The van der Waals surface area contributed by atoms with Crippen molar-refractivity contribution in [1.82, 2.24) is 10.2 Å². The second-order valence-electron chi connectivity index (χ2n) is 5.06. The first-order chi connectivity index (χ1) is 10.4. The molecule has 0 aliphatic carbocycles. The Morgan fingerprint density at radius 2 is 2.09 bits per heavy atom. The normalized spacial score (nSPS) is 20.7. The number of hydrogen-bond donors (Lipinski definition) is 4. The van der Waals surface area contributed by atoms with Crippen molar-refractivity contribution in [2.75, 3.05) is 13.1 Å². The molecule has 0 spiro atoms. The molecule has 8 nitrogen and oxygen atoms in total. The van der Waals surface area contributed by atoms with Gasteiger partial charge in [-0.3, -0.25) is 9.59 Å². The lowest BCUT2D eigenvalue weighted by Gasteiger charge is -2.20. The van der Waals surface area contributed by atoms with Crippen LogP contribution in [0, 0.1) is 0 Å². The predicted molar refractivity (Wildman–Crippen MR) is 76.2 cm³/mol. The van der Waals surface area contributed by atoms with Crippen molar-refractivity contribution in [3.8, 4) is 5.75 Å². The minimum Gasteiger partial charge on any atom is -0.508 e. The minimum absolute atomic E-state index is 0.0394. The number of carboxylic acids is 1. The van der Waals surface area contributed by atoms with Crippen molar-refractivity contribution in [3.05, 3.63) is 29.8 Å². The van der Waals surface area contributed by atoms with Gasteiger partial charge >= 0.3 is 5.97 Å². The molecule has 5 N–H and O–H groups in total. The Kier molecular flexibility index (Phi) is 4.62. The standard InChI is InChI=1S/C14H17N3O5/c15-6-12(19)17-7-9(5-11(17)14(21)22)16-13(20)8-2-1-3-10(18)4-8/h1-4,9,11,18H,5-7,15H2,(H,16,20)(H,21,22). The van der Waals surface area contributed by atoms with E-state index in [9.17, 15) is 19.5 Å². The summed E-state index contributed by atoms with van der Waals surface area (Å²) in [4.78, 5) is 36.1. The summed E-state index contributed by atoms with van der Waals surface area (Å²) in [6, 6.07) is 4.33. The summed E-state index contributed by atoms with van der Waals surface area (Å²) in [7, 11) is 0. The molecule has 1 saturated heterocycles. The zero-order valence-electron chi connectivity index (χ0n) is 11.7. The van der Waals surface area contributed by atoms with Gasteiger partial charge in [0.05, 0.1) is 6.54 Å². The molecule has 118 valence electrons. The first-order valence-corrected chi connectivity index (χ1v) is 6.74. The van der Waals surface area contributed by atoms with E-state index in [2.05, 4.69) is 5.32 Å². The number of nitrogens with one attached hydrogen (secondary N) is 1. The largest absolute Gasteiger partial charge is 0.508 e. The number of amides is 2. The van der Waals surface area contributed by atoms with Crippen LogP contribution >= 0.6 is 0 Å². The van der Waals surface area contributed by atoms with Crippen molar-refractivity contribution >= 4 is 17.8 Å². The van der Waals surface area contributed by atoms with Crippen LogP contribution < -0.4 is 11.1 Å². The SMILES string of the molecule is NCC(=O)N1CC(NC(=O)c2cccc(O)c2)CC1C(=O)O. The molecule has 0 bridgehead atoms. The summed E-state index contributed by atoms with van der Waals surface area (Å²) >= 11 is 0.